The van der Waals surface area contributed by atoms with Crippen LogP contribution in [-0.4, -0.2) is 55.3 Å². The first-order chi connectivity index (χ1) is 12.5. The van der Waals surface area contributed by atoms with E-state index >= 15 is 0 Å². The minimum Gasteiger partial charge on any atom is -0.353 e. The lowest BCUT2D eigenvalue weighted by atomic mass is 10.2. The molecule has 0 spiro atoms. The van der Waals surface area contributed by atoms with Crippen LogP contribution in [0.1, 0.15) is 5.56 Å². The number of benzene rings is 1. The highest BCUT2D eigenvalue weighted by molar-refractivity contribution is 8.18. The second kappa shape index (κ2) is 7.87. The van der Waals surface area contributed by atoms with Crippen LogP contribution in [-0.2, 0) is 16.1 Å². The predicted octanol–water partition coefficient (Wildman–Crippen LogP) is 0.665. The molecule has 2 aromatic rings. The number of halogens is 1. The van der Waals surface area contributed by atoms with Gasteiger partial charge in [0.25, 0.3) is 11.1 Å². The van der Waals surface area contributed by atoms with Gasteiger partial charge in [0.1, 0.15) is 18.7 Å². The lowest BCUT2D eigenvalue weighted by Gasteiger charge is -2.12. The Bertz CT molecular complexity index is 870. The lowest BCUT2D eigenvalue weighted by Crippen LogP contribution is -2.38. The molecule has 3 amide bonds. The number of imide groups is 1. The molecule has 134 valence electrons. The molecule has 1 aliphatic rings. The van der Waals surface area contributed by atoms with Gasteiger partial charge in [-0.1, -0.05) is 18.2 Å². The second-order valence-electron chi connectivity index (χ2n) is 5.21. The van der Waals surface area contributed by atoms with E-state index in [-0.39, 0.29) is 36.0 Å². The van der Waals surface area contributed by atoms with Crippen molar-refractivity contribution in [2.75, 3.05) is 13.1 Å². The third kappa shape index (κ3) is 4.11. The maximum absolute atomic E-state index is 13.7. The molecular weight excluding hydrogens is 363 g/mol. The molecule has 11 heteroatoms. The van der Waals surface area contributed by atoms with E-state index in [2.05, 4.69) is 20.8 Å². The van der Waals surface area contributed by atoms with E-state index in [0.717, 1.165) is 16.7 Å². The fourth-order valence-corrected chi connectivity index (χ4v) is 3.04. The summed E-state index contributed by atoms with van der Waals surface area (Å²) in [5, 5.41) is 12.5. The Balaban J connectivity index is 1.56. The Labute approximate surface area is 151 Å². The number of carbonyl (C=O) groups is 3. The average Bonchev–Trinajstić information content (AvgIpc) is 3.20. The maximum Gasteiger partial charge on any atom is 0.293 e. The second-order valence-corrected chi connectivity index (χ2v) is 6.21. The van der Waals surface area contributed by atoms with Crippen molar-refractivity contribution in [1.82, 2.24) is 30.4 Å². The van der Waals surface area contributed by atoms with Crippen LogP contribution in [0.3, 0.4) is 0 Å². The van der Waals surface area contributed by atoms with E-state index in [1.807, 2.05) is 0 Å². The third-order valence-electron chi connectivity index (χ3n) is 3.42. The maximum atomic E-state index is 13.7. The number of carbonyl (C=O) groups excluding carboxylic acids is 3. The van der Waals surface area contributed by atoms with Crippen molar-refractivity contribution in [1.29, 1.82) is 0 Å². The molecule has 1 fully saturated rings. The molecule has 0 aliphatic carbocycles. The summed E-state index contributed by atoms with van der Waals surface area (Å²) in [5.74, 6) is -1.35. The summed E-state index contributed by atoms with van der Waals surface area (Å²) in [6.07, 6.45) is 2.64. The van der Waals surface area contributed by atoms with Gasteiger partial charge in [-0.15, -0.1) is 5.10 Å². The number of hydrogen-bond acceptors (Lipinski definition) is 7. The largest absolute Gasteiger partial charge is 0.353 e. The summed E-state index contributed by atoms with van der Waals surface area (Å²) >= 11 is 0.736. The highest BCUT2D eigenvalue weighted by atomic mass is 32.2. The molecule has 3 rings (SSSR count). The van der Waals surface area contributed by atoms with Crippen LogP contribution in [0.5, 0.6) is 0 Å². The van der Waals surface area contributed by atoms with Crippen LogP contribution in [0.25, 0.3) is 6.08 Å². The quantitative estimate of drug-likeness (QED) is 0.738. The molecule has 0 radical (unpaired) electrons. The Morgan fingerprint density at radius 2 is 2.12 bits per heavy atom. The molecule has 0 bridgehead atoms. The van der Waals surface area contributed by atoms with Gasteiger partial charge in [0, 0.05) is 18.7 Å². The third-order valence-corrected chi connectivity index (χ3v) is 4.33. The number of amides is 3. The highest BCUT2D eigenvalue weighted by Crippen LogP contribution is 2.32. The molecule has 1 N–H and O–H groups in total. The zero-order chi connectivity index (χ0) is 18.5. The molecule has 0 saturated carbocycles. The Kier molecular flexibility index (Phi) is 5.37. The molecular formula is C15H13FN6O3S. The number of rotatable bonds is 6. The lowest BCUT2D eigenvalue weighted by molar-refractivity contribution is -0.124. The summed E-state index contributed by atoms with van der Waals surface area (Å²) in [6.45, 7) is 0.0364. The van der Waals surface area contributed by atoms with Gasteiger partial charge in [-0.2, -0.15) is 0 Å². The Hall–Kier alpha value is -3.08. The van der Waals surface area contributed by atoms with Crippen LogP contribution >= 0.6 is 11.8 Å². The molecule has 1 aromatic carbocycles. The monoisotopic (exact) mass is 376 g/mol. The van der Waals surface area contributed by atoms with Gasteiger partial charge in [-0.25, -0.2) is 9.07 Å². The van der Waals surface area contributed by atoms with Crippen molar-refractivity contribution in [3.8, 4) is 0 Å². The molecule has 1 aromatic heterocycles. The van der Waals surface area contributed by atoms with Crippen molar-refractivity contribution in [3.63, 3.8) is 0 Å². The fraction of sp³-hybridized carbons (Fsp3) is 0.200. The zero-order valence-corrected chi connectivity index (χ0v) is 14.1. The van der Waals surface area contributed by atoms with Crippen LogP contribution in [0.2, 0.25) is 0 Å². The molecule has 1 saturated heterocycles. The van der Waals surface area contributed by atoms with E-state index in [9.17, 15) is 18.8 Å². The topological polar surface area (TPSA) is 110 Å². The standard InChI is InChI=1S/C15H13FN6O3S/c16-11-4-2-1-3-10(11)7-12-14(24)22(15(25)26-12)6-5-17-13(23)8-21-9-18-19-20-21/h1-4,7,9H,5-6,8H2,(H,17,23)/b12-7+. The fourth-order valence-electron chi connectivity index (χ4n) is 2.19. The predicted molar refractivity (Wildman–Crippen MR) is 89.9 cm³/mol. The van der Waals surface area contributed by atoms with E-state index in [1.165, 1.54) is 35.3 Å². The summed E-state index contributed by atoms with van der Waals surface area (Å²) in [4.78, 5) is 37.2. The number of nitrogens with zero attached hydrogens (tertiary/aromatic N) is 5. The van der Waals surface area contributed by atoms with Gasteiger partial charge in [0.05, 0.1) is 4.91 Å². The van der Waals surface area contributed by atoms with Crippen LogP contribution in [0.15, 0.2) is 35.5 Å². The van der Waals surface area contributed by atoms with Crippen molar-refractivity contribution < 1.29 is 18.8 Å². The van der Waals surface area contributed by atoms with Gasteiger partial charge in [-0.05, 0) is 34.3 Å². The highest BCUT2D eigenvalue weighted by Gasteiger charge is 2.34. The van der Waals surface area contributed by atoms with Gasteiger partial charge < -0.3 is 5.32 Å². The van der Waals surface area contributed by atoms with Crippen molar-refractivity contribution in [2.24, 2.45) is 0 Å². The first-order valence-corrected chi connectivity index (χ1v) is 8.33. The van der Waals surface area contributed by atoms with E-state index in [1.54, 1.807) is 6.07 Å². The zero-order valence-electron chi connectivity index (χ0n) is 13.3. The van der Waals surface area contributed by atoms with Crippen molar-refractivity contribution >= 4 is 34.9 Å². The van der Waals surface area contributed by atoms with Gasteiger partial charge in [-0.3, -0.25) is 19.3 Å². The molecule has 1 aliphatic heterocycles. The molecule has 0 atom stereocenters. The number of aromatic nitrogens is 4. The molecule has 26 heavy (non-hydrogen) atoms. The first kappa shape index (κ1) is 17.7. The minimum absolute atomic E-state index is 0.0145. The summed E-state index contributed by atoms with van der Waals surface area (Å²) in [5.41, 5.74) is 0.229. The van der Waals surface area contributed by atoms with Crippen molar-refractivity contribution in [2.45, 2.75) is 6.54 Å². The Morgan fingerprint density at radius 1 is 1.31 bits per heavy atom. The smallest absolute Gasteiger partial charge is 0.293 e. The van der Waals surface area contributed by atoms with Gasteiger partial charge >= 0.3 is 0 Å². The van der Waals surface area contributed by atoms with Crippen molar-refractivity contribution in [3.05, 3.63) is 46.9 Å². The van der Waals surface area contributed by atoms with Gasteiger partial charge in [0.2, 0.25) is 5.91 Å². The number of hydrogen-bond donors (Lipinski definition) is 1. The SMILES string of the molecule is O=C(Cn1cnnn1)NCCN1C(=O)S/C(=C/c2ccccc2F)C1=O. The summed E-state index contributed by atoms with van der Waals surface area (Å²) in [7, 11) is 0. The summed E-state index contributed by atoms with van der Waals surface area (Å²) in [6, 6.07) is 5.97. The molecule has 9 nitrogen and oxygen atoms in total. The Morgan fingerprint density at radius 3 is 2.85 bits per heavy atom. The van der Waals surface area contributed by atoms with E-state index < -0.39 is 17.0 Å². The molecule has 0 unspecified atom stereocenters. The summed E-state index contributed by atoms with van der Waals surface area (Å²) < 4.78 is 14.9. The van der Waals surface area contributed by atoms with Crippen LogP contribution in [0.4, 0.5) is 9.18 Å². The van der Waals surface area contributed by atoms with Crippen LogP contribution < -0.4 is 5.32 Å². The normalized spacial score (nSPS) is 15.7. The van der Waals surface area contributed by atoms with Crippen LogP contribution in [0, 0.1) is 5.82 Å². The number of thioether (sulfide) groups is 1. The average molecular weight is 376 g/mol. The minimum atomic E-state index is -0.516. The van der Waals surface area contributed by atoms with E-state index in [4.69, 9.17) is 0 Å². The molecule has 2 heterocycles. The van der Waals surface area contributed by atoms with E-state index in [0.29, 0.717) is 0 Å². The van der Waals surface area contributed by atoms with Gasteiger partial charge in [0.15, 0.2) is 0 Å². The first-order valence-electron chi connectivity index (χ1n) is 7.52. The number of nitrogens with one attached hydrogen (secondary N) is 1. The number of tetrazole rings is 1.